The molecule has 0 saturated carbocycles. The molecule has 2 aromatic carbocycles. The first-order valence-corrected chi connectivity index (χ1v) is 10.4. The van der Waals surface area contributed by atoms with E-state index < -0.39 is 0 Å². The maximum Gasteiger partial charge on any atom is 0.265 e. The highest BCUT2D eigenvalue weighted by Crippen LogP contribution is 2.34. The number of carbonyl (C=O) groups is 1. The summed E-state index contributed by atoms with van der Waals surface area (Å²) in [4.78, 5) is 14.2. The molecular formula is C20H17Cl2NO3S2. The summed E-state index contributed by atoms with van der Waals surface area (Å²) in [5.74, 6) is 1.21. The minimum Gasteiger partial charge on any atom is -0.490 e. The van der Waals surface area contributed by atoms with Gasteiger partial charge in [-0.15, -0.1) is 0 Å². The van der Waals surface area contributed by atoms with Crippen LogP contribution in [0.1, 0.15) is 11.1 Å². The highest BCUT2D eigenvalue weighted by molar-refractivity contribution is 8.26. The number of halogens is 2. The quantitative estimate of drug-likeness (QED) is 0.323. The molecule has 1 aliphatic heterocycles. The summed E-state index contributed by atoms with van der Waals surface area (Å²) in [6.07, 6.45) is 1.74. The number of nitrogens with zero attached hydrogens (tertiary/aromatic N) is 1. The second-order valence-electron chi connectivity index (χ2n) is 6.03. The molecule has 0 radical (unpaired) electrons. The SMILES string of the molecule is Cc1cc(OCCOc2ccc(Cl)cc2C=C2SC(=S)N(C)C2=O)ccc1Cl. The fourth-order valence-corrected chi connectivity index (χ4v) is 3.94. The summed E-state index contributed by atoms with van der Waals surface area (Å²) in [5, 5.41) is 1.25. The molecule has 8 heteroatoms. The standard InChI is InChI=1S/C20H17Cl2NO3S2/c1-12-9-15(4-5-16(12)22)25-7-8-26-17-6-3-14(21)10-13(17)11-18-19(24)23(2)20(27)28-18/h3-6,9-11H,7-8H2,1-2H3. The van der Waals surface area contributed by atoms with E-state index in [0.29, 0.717) is 43.8 Å². The van der Waals surface area contributed by atoms with E-state index in [0.717, 1.165) is 11.3 Å². The Hall–Kier alpha value is -1.73. The van der Waals surface area contributed by atoms with E-state index in [9.17, 15) is 4.79 Å². The lowest BCUT2D eigenvalue weighted by atomic mass is 10.2. The molecule has 0 N–H and O–H groups in total. The Morgan fingerprint density at radius 2 is 1.89 bits per heavy atom. The van der Waals surface area contributed by atoms with Crippen molar-refractivity contribution in [3.05, 3.63) is 62.5 Å². The van der Waals surface area contributed by atoms with Crippen LogP contribution in [0.5, 0.6) is 11.5 Å². The molecule has 0 spiro atoms. The molecule has 0 aromatic heterocycles. The molecule has 28 heavy (non-hydrogen) atoms. The third-order valence-electron chi connectivity index (χ3n) is 3.98. The van der Waals surface area contributed by atoms with E-state index >= 15 is 0 Å². The molecule has 3 rings (SSSR count). The van der Waals surface area contributed by atoms with Crippen molar-refractivity contribution >= 4 is 63.5 Å². The molecule has 1 fully saturated rings. The number of hydrogen-bond donors (Lipinski definition) is 0. The van der Waals surface area contributed by atoms with Gasteiger partial charge in [-0.2, -0.15) is 0 Å². The van der Waals surface area contributed by atoms with E-state index in [-0.39, 0.29) is 5.91 Å². The molecule has 0 bridgehead atoms. The van der Waals surface area contributed by atoms with Crippen LogP contribution < -0.4 is 9.47 Å². The summed E-state index contributed by atoms with van der Waals surface area (Å²) < 4.78 is 12.1. The predicted octanol–water partition coefficient (Wildman–Crippen LogP) is 5.59. The smallest absolute Gasteiger partial charge is 0.265 e. The van der Waals surface area contributed by atoms with Crippen molar-refractivity contribution in [2.75, 3.05) is 20.3 Å². The van der Waals surface area contributed by atoms with Gasteiger partial charge in [0.2, 0.25) is 0 Å². The second kappa shape index (κ2) is 9.18. The van der Waals surface area contributed by atoms with Gasteiger partial charge in [0.1, 0.15) is 29.0 Å². The lowest BCUT2D eigenvalue weighted by Crippen LogP contribution is -2.22. The highest BCUT2D eigenvalue weighted by atomic mass is 35.5. The zero-order valence-corrected chi connectivity index (χ0v) is 18.3. The van der Waals surface area contributed by atoms with Gasteiger partial charge in [-0.05, 0) is 55.0 Å². The molecule has 2 aromatic rings. The fourth-order valence-electron chi connectivity index (χ4n) is 2.47. The molecule has 1 saturated heterocycles. The molecule has 0 atom stereocenters. The van der Waals surface area contributed by atoms with Gasteiger partial charge in [0.15, 0.2) is 0 Å². The number of rotatable bonds is 6. The average molecular weight is 454 g/mol. The van der Waals surface area contributed by atoms with Crippen LogP contribution in [0.4, 0.5) is 0 Å². The van der Waals surface area contributed by atoms with Crippen LogP contribution in [-0.2, 0) is 4.79 Å². The van der Waals surface area contributed by atoms with Crippen LogP contribution in [0.3, 0.4) is 0 Å². The Kier molecular flexibility index (Phi) is 6.88. The number of thioether (sulfide) groups is 1. The first kappa shape index (κ1) is 21.0. The van der Waals surface area contributed by atoms with Crippen LogP contribution in [0.2, 0.25) is 10.0 Å². The molecule has 1 amide bonds. The molecule has 1 heterocycles. The second-order valence-corrected chi connectivity index (χ2v) is 8.55. The molecule has 146 valence electrons. The van der Waals surface area contributed by atoms with E-state index in [4.69, 9.17) is 44.9 Å². The highest BCUT2D eigenvalue weighted by Gasteiger charge is 2.29. The third-order valence-corrected chi connectivity index (χ3v) is 6.13. The topological polar surface area (TPSA) is 38.8 Å². The Labute approximate surface area is 183 Å². The number of aryl methyl sites for hydroxylation is 1. The summed E-state index contributed by atoms with van der Waals surface area (Å²) in [5.41, 5.74) is 1.66. The number of carbonyl (C=O) groups excluding carboxylic acids is 1. The van der Waals surface area contributed by atoms with Crippen LogP contribution in [0.15, 0.2) is 41.3 Å². The van der Waals surface area contributed by atoms with Crippen molar-refractivity contribution in [3.8, 4) is 11.5 Å². The molecular weight excluding hydrogens is 437 g/mol. The molecule has 1 aliphatic rings. The van der Waals surface area contributed by atoms with Crippen molar-refractivity contribution in [2.45, 2.75) is 6.92 Å². The van der Waals surface area contributed by atoms with E-state index in [1.807, 2.05) is 19.1 Å². The third kappa shape index (κ3) is 5.00. The van der Waals surface area contributed by atoms with Gasteiger partial charge in [0.25, 0.3) is 5.91 Å². The van der Waals surface area contributed by atoms with E-state index in [1.165, 1.54) is 16.7 Å². The van der Waals surface area contributed by atoms with Gasteiger partial charge in [0.05, 0.1) is 4.91 Å². The van der Waals surface area contributed by atoms with Crippen molar-refractivity contribution in [3.63, 3.8) is 0 Å². The first-order chi connectivity index (χ1) is 13.3. The maximum atomic E-state index is 12.2. The van der Waals surface area contributed by atoms with Gasteiger partial charge in [0, 0.05) is 22.7 Å². The zero-order chi connectivity index (χ0) is 20.3. The van der Waals surface area contributed by atoms with Crippen LogP contribution in [0.25, 0.3) is 6.08 Å². The lowest BCUT2D eigenvalue weighted by molar-refractivity contribution is -0.121. The van der Waals surface area contributed by atoms with Gasteiger partial charge >= 0.3 is 0 Å². The number of amides is 1. The number of likely N-dealkylation sites (N-methyl/N-ethyl adjacent to an activating group) is 1. The average Bonchev–Trinajstić information content (AvgIpc) is 2.90. The zero-order valence-electron chi connectivity index (χ0n) is 15.2. The fraction of sp³-hybridized carbons (Fsp3) is 0.200. The van der Waals surface area contributed by atoms with Gasteiger partial charge in [-0.25, -0.2) is 0 Å². The van der Waals surface area contributed by atoms with Gasteiger partial charge in [-0.1, -0.05) is 47.2 Å². The normalized spacial score (nSPS) is 15.4. The Bertz CT molecular complexity index is 962. The molecule has 4 nitrogen and oxygen atoms in total. The lowest BCUT2D eigenvalue weighted by Gasteiger charge is -2.12. The van der Waals surface area contributed by atoms with Gasteiger partial charge in [-0.3, -0.25) is 9.69 Å². The Balaban J connectivity index is 1.67. The van der Waals surface area contributed by atoms with Crippen molar-refractivity contribution in [1.29, 1.82) is 0 Å². The summed E-state index contributed by atoms with van der Waals surface area (Å²) in [6.45, 7) is 2.61. The predicted molar refractivity (Wildman–Crippen MR) is 120 cm³/mol. The number of ether oxygens (including phenoxy) is 2. The van der Waals surface area contributed by atoms with E-state index in [1.54, 1.807) is 37.4 Å². The van der Waals surface area contributed by atoms with Crippen LogP contribution in [0, 0.1) is 6.92 Å². The minimum absolute atomic E-state index is 0.137. The van der Waals surface area contributed by atoms with Crippen molar-refractivity contribution < 1.29 is 14.3 Å². The van der Waals surface area contributed by atoms with Crippen LogP contribution in [-0.4, -0.2) is 35.4 Å². The largest absolute Gasteiger partial charge is 0.490 e. The number of hydrogen-bond acceptors (Lipinski definition) is 5. The minimum atomic E-state index is -0.137. The maximum absolute atomic E-state index is 12.2. The number of thiocarbonyl (C=S) groups is 1. The van der Waals surface area contributed by atoms with Gasteiger partial charge < -0.3 is 9.47 Å². The molecule has 0 unspecified atom stereocenters. The molecule has 0 aliphatic carbocycles. The Morgan fingerprint density at radius 3 is 2.57 bits per heavy atom. The monoisotopic (exact) mass is 453 g/mol. The van der Waals surface area contributed by atoms with Crippen LogP contribution >= 0.6 is 47.2 Å². The van der Waals surface area contributed by atoms with Crippen molar-refractivity contribution in [1.82, 2.24) is 4.90 Å². The first-order valence-electron chi connectivity index (χ1n) is 8.38. The van der Waals surface area contributed by atoms with E-state index in [2.05, 4.69) is 0 Å². The van der Waals surface area contributed by atoms with Crippen molar-refractivity contribution in [2.24, 2.45) is 0 Å². The summed E-state index contributed by atoms with van der Waals surface area (Å²) >= 11 is 18.6. The summed E-state index contributed by atoms with van der Waals surface area (Å²) in [7, 11) is 1.66. The summed E-state index contributed by atoms with van der Waals surface area (Å²) in [6, 6.07) is 10.8. The Morgan fingerprint density at radius 1 is 1.14 bits per heavy atom. The number of benzene rings is 2.